The van der Waals surface area contributed by atoms with Gasteiger partial charge in [-0.2, -0.15) is 0 Å². The highest BCUT2D eigenvalue weighted by atomic mass is 16.5. The first kappa shape index (κ1) is 16.8. The largest absolute Gasteiger partial charge is 0.480 e. The summed E-state index contributed by atoms with van der Waals surface area (Å²) in [6.45, 7) is 4.64. The number of rotatable bonds is 6. The van der Waals surface area contributed by atoms with Gasteiger partial charge in [0.05, 0.1) is 12.7 Å². The summed E-state index contributed by atoms with van der Waals surface area (Å²) < 4.78 is 5.32. The molecule has 0 spiro atoms. The number of urea groups is 1. The van der Waals surface area contributed by atoms with Crippen LogP contribution in [0.3, 0.4) is 0 Å². The second-order valence-electron chi connectivity index (χ2n) is 5.60. The minimum atomic E-state index is -1.11. The molecule has 0 saturated heterocycles. The molecule has 0 radical (unpaired) electrons. The molecule has 2 amide bonds. The van der Waals surface area contributed by atoms with Gasteiger partial charge in [0.1, 0.15) is 5.54 Å². The fourth-order valence-corrected chi connectivity index (χ4v) is 2.45. The molecular weight excluding hydrogens is 260 g/mol. The van der Waals surface area contributed by atoms with E-state index >= 15 is 0 Å². The van der Waals surface area contributed by atoms with Crippen molar-refractivity contribution in [2.75, 3.05) is 13.2 Å². The number of carbonyl (C=O) groups is 2. The molecular formula is C14H26N2O4. The van der Waals surface area contributed by atoms with Crippen molar-refractivity contribution in [2.24, 2.45) is 0 Å². The maximum Gasteiger partial charge on any atom is 0.329 e. The van der Waals surface area contributed by atoms with E-state index in [0.29, 0.717) is 26.0 Å². The predicted molar refractivity (Wildman–Crippen MR) is 75.7 cm³/mol. The van der Waals surface area contributed by atoms with Crippen molar-refractivity contribution >= 4 is 12.0 Å². The number of ether oxygens (including phenoxy) is 1. The van der Waals surface area contributed by atoms with Gasteiger partial charge in [0, 0.05) is 6.54 Å². The number of carbonyl (C=O) groups excluding carboxylic acids is 1. The summed E-state index contributed by atoms with van der Waals surface area (Å²) in [5.41, 5.74) is -1.11. The average Bonchev–Trinajstić information content (AvgIpc) is 2.61. The van der Waals surface area contributed by atoms with E-state index in [2.05, 4.69) is 10.6 Å². The number of carboxylic acids is 1. The lowest BCUT2D eigenvalue weighted by atomic mass is 9.90. The zero-order chi connectivity index (χ0) is 15.0. The molecule has 0 aromatic carbocycles. The summed E-state index contributed by atoms with van der Waals surface area (Å²) in [6, 6.07) is -0.429. The van der Waals surface area contributed by atoms with Crippen LogP contribution in [0, 0.1) is 0 Å². The first-order chi connectivity index (χ1) is 9.46. The Morgan fingerprint density at radius 2 is 1.80 bits per heavy atom. The van der Waals surface area contributed by atoms with Gasteiger partial charge in [-0.1, -0.05) is 25.7 Å². The van der Waals surface area contributed by atoms with E-state index in [1.54, 1.807) is 0 Å². The van der Waals surface area contributed by atoms with Crippen LogP contribution in [0.5, 0.6) is 0 Å². The Bertz CT molecular complexity index is 323. The molecule has 0 aromatic rings. The lowest BCUT2D eigenvalue weighted by Crippen LogP contribution is -2.57. The molecule has 1 saturated carbocycles. The van der Waals surface area contributed by atoms with Gasteiger partial charge in [0.25, 0.3) is 0 Å². The van der Waals surface area contributed by atoms with Crippen molar-refractivity contribution in [3.63, 3.8) is 0 Å². The summed E-state index contributed by atoms with van der Waals surface area (Å²) in [4.78, 5) is 23.4. The van der Waals surface area contributed by atoms with Gasteiger partial charge >= 0.3 is 12.0 Å². The van der Waals surface area contributed by atoms with Crippen LogP contribution in [-0.2, 0) is 9.53 Å². The maximum absolute atomic E-state index is 11.8. The lowest BCUT2D eigenvalue weighted by Gasteiger charge is -2.29. The van der Waals surface area contributed by atoms with Crippen molar-refractivity contribution in [3.05, 3.63) is 0 Å². The van der Waals surface area contributed by atoms with E-state index in [1.807, 2.05) is 13.8 Å². The topological polar surface area (TPSA) is 87.7 Å². The quantitative estimate of drug-likeness (QED) is 0.514. The Labute approximate surface area is 120 Å². The van der Waals surface area contributed by atoms with Crippen molar-refractivity contribution in [1.29, 1.82) is 0 Å². The number of amides is 2. The predicted octanol–water partition coefficient (Wildman–Crippen LogP) is 1.89. The molecule has 6 heteroatoms. The minimum absolute atomic E-state index is 0.118. The molecule has 0 unspecified atom stereocenters. The molecule has 1 fully saturated rings. The third-order valence-electron chi connectivity index (χ3n) is 3.56. The molecule has 0 aliphatic heterocycles. The average molecular weight is 286 g/mol. The number of hydrogen-bond acceptors (Lipinski definition) is 3. The minimum Gasteiger partial charge on any atom is -0.480 e. The Hall–Kier alpha value is -1.30. The van der Waals surface area contributed by atoms with Gasteiger partial charge in [-0.25, -0.2) is 9.59 Å². The third kappa shape index (κ3) is 5.36. The molecule has 1 aliphatic carbocycles. The van der Waals surface area contributed by atoms with Gasteiger partial charge in [0.2, 0.25) is 0 Å². The monoisotopic (exact) mass is 286 g/mol. The zero-order valence-electron chi connectivity index (χ0n) is 12.4. The first-order valence-electron chi connectivity index (χ1n) is 7.37. The second-order valence-corrected chi connectivity index (χ2v) is 5.60. The molecule has 0 atom stereocenters. The highest BCUT2D eigenvalue weighted by Gasteiger charge is 2.39. The van der Waals surface area contributed by atoms with Crippen LogP contribution in [0.4, 0.5) is 4.79 Å². The van der Waals surface area contributed by atoms with Gasteiger partial charge in [-0.3, -0.25) is 0 Å². The van der Waals surface area contributed by atoms with Crippen LogP contribution < -0.4 is 10.6 Å². The molecule has 0 heterocycles. The first-order valence-corrected chi connectivity index (χ1v) is 7.37. The molecule has 3 N–H and O–H groups in total. The number of nitrogens with one attached hydrogen (secondary N) is 2. The van der Waals surface area contributed by atoms with Gasteiger partial charge in [0.15, 0.2) is 0 Å². The molecule has 6 nitrogen and oxygen atoms in total. The lowest BCUT2D eigenvalue weighted by molar-refractivity contribution is -0.145. The van der Waals surface area contributed by atoms with Crippen LogP contribution in [0.1, 0.15) is 52.4 Å². The van der Waals surface area contributed by atoms with Crippen LogP contribution in [0.15, 0.2) is 0 Å². The Balaban J connectivity index is 2.44. The standard InChI is InChI=1S/C14H26N2O4/c1-11(2)20-10-9-15-13(19)16-14(12(17)18)7-5-3-4-6-8-14/h11H,3-10H2,1-2H3,(H,17,18)(H2,15,16,19). The Morgan fingerprint density at radius 1 is 1.20 bits per heavy atom. The van der Waals surface area contributed by atoms with Crippen LogP contribution in [-0.4, -0.2) is 41.9 Å². The Morgan fingerprint density at radius 3 is 2.30 bits per heavy atom. The van der Waals surface area contributed by atoms with Gasteiger partial charge < -0.3 is 20.5 Å². The normalized spacial score (nSPS) is 18.4. The van der Waals surface area contributed by atoms with E-state index in [-0.39, 0.29) is 6.10 Å². The van der Waals surface area contributed by atoms with E-state index < -0.39 is 17.5 Å². The maximum atomic E-state index is 11.8. The summed E-state index contributed by atoms with van der Waals surface area (Å²) in [5.74, 6) is -0.937. The molecule has 1 aliphatic rings. The van der Waals surface area contributed by atoms with Crippen LogP contribution in [0.25, 0.3) is 0 Å². The van der Waals surface area contributed by atoms with Crippen molar-refractivity contribution in [2.45, 2.75) is 64.0 Å². The second kappa shape index (κ2) is 8.09. The summed E-state index contributed by atoms with van der Waals surface area (Å²) in [7, 11) is 0. The third-order valence-corrected chi connectivity index (χ3v) is 3.56. The smallest absolute Gasteiger partial charge is 0.329 e. The number of aliphatic carboxylic acids is 1. The SMILES string of the molecule is CC(C)OCCNC(=O)NC1(C(=O)O)CCCCCC1. The Kier molecular flexibility index (Phi) is 6.78. The molecule has 20 heavy (non-hydrogen) atoms. The van der Waals surface area contributed by atoms with Crippen molar-refractivity contribution in [1.82, 2.24) is 10.6 Å². The molecule has 1 rings (SSSR count). The fraction of sp³-hybridized carbons (Fsp3) is 0.857. The van der Waals surface area contributed by atoms with Crippen molar-refractivity contribution in [3.8, 4) is 0 Å². The number of carboxylic acid groups (broad SMARTS) is 1. The van der Waals surface area contributed by atoms with Gasteiger partial charge in [-0.15, -0.1) is 0 Å². The molecule has 0 aromatic heterocycles. The highest BCUT2D eigenvalue weighted by molar-refractivity contribution is 5.86. The zero-order valence-corrected chi connectivity index (χ0v) is 12.4. The summed E-state index contributed by atoms with van der Waals surface area (Å²) >= 11 is 0. The van der Waals surface area contributed by atoms with E-state index in [4.69, 9.17) is 4.74 Å². The number of hydrogen-bond donors (Lipinski definition) is 3. The summed E-state index contributed by atoms with van der Waals surface area (Å²) in [5, 5.41) is 14.7. The van der Waals surface area contributed by atoms with E-state index in [9.17, 15) is 14.7 Å². The van der Waals surface area contributed by atoms with Crippen LogP contribution in [0.2, 0.25) is 0 Å². The van der Waals surface area contributed by atoms with E-state index in [0.717, 1.165) is 25.7 Å². The van der Waals surface area contributed by atoms with E-state index in [1.165, 1.54) is 0 Å². The highest BCUT2D eigenvalue weighted by Crippen LogP contribution is 2.27. The van der Waals surface area contributed by atoms with Gasteiger partial charge in [-0.05, 0) is 26.7 Å². The molecule has 0 bridgehead atoms. The molecule has 116 valence electrons. The fourth-order valence-electron chi connectivity index (χ4n) is 2.45. The summed E-state index contributed by atoms with van der Waals surface area (Å²) in [6.07, 6.45) is 4.84. The van der Waals surface area contributed by atoms with Crippen molar-refractivity contribution < 1.29 is 19.4 Å². The van der Waals surface area contributed by atoms with Crippen LogP contribution >= 0.6 is 0 Å².